The number of amides is 1. The normalized spacial score (nSPS) is 10.7. The second-order valence-corrected chi connectivity index (χ2v) is 5.75. The zero-order valence-corrected chi connectivity index (χ0v) is 15.3. The van der Waals surface area contributed by atoms with Crippen molar-refractivity contribution >= 4 is 28.9 Å². The minimum atomic E-state index is -0.225. The standard InChI is InChI=1S/C19H24N6O2/c1-3-6-13(2)27-16-8-5-4-7-14(16)24-25-15-9-10-17(23-19(15)21)22-18(26)11-12-20/h4-5,7-10H,2-3,6,11-12,20H2,1H3,(H3,21,22,23,26)/b25-24+. The number of azo groups is 1. The maximum Gasteiger partial charge on any atom is 0.226 e. The van der Waals surface area contributed by atoms with Crippen LogP contribution in [0.2, 0.25) is 0 Å². The molecule has 27 heavy (non-hydrogen) atoms. The van der Waals surface area contributed by atoms with E-state index in [1.165, 1.54) is 0 Å². The summed E-state index contributed by atoms with van der Waals surface area (Å²) in [4.78, 5) is 15.7. The minimum Gasteiger partial charge on any atom is -0.460 e. The topological polar surface area (TPSA) is 128 Å². The van der Waals surface area contributed by atoms with Gasteiger partial charge in [0.15, 0.2) is 11.6 Å². The van der Waals surface area contributed by atoms with Gasteiger partial charge in [0.1, 0.15) is 17.2 Å². The zero-order chi connectivity index (χ0) is 19.6. The van der Waals surface area contributed by atoms with Crippen LogP contribution < -0.4 is 21.5 Å². The molecule has 0 unspecified atom stereocenters. The van der Waals surface area contributed by atoms with Crippen molar-refractivity contribution in [3.05, 3.63) is 48.7 Å². The highest BCUT2D eigenvalue weighted by molar-refractivity contribution is 5.90. The molecule has 0 saturated heterocycles. The highest BCUT2D eigenvalue weighted by Gasteiger charge is 2.07. The van der Waals surface area contributed by atoms with Crippen molar-refractivity contribution < 1.29 is 9.53 Å². The van der Waals surface area contributed by atoms with Gasteiger partial charge in [-0.1, -0.05) is 25.6 Å². The van der Waals surface area contributed by atoms with E-state index in [-0.39, 0.29) is 24.7 Å². The molecule has 1 heterocycles. The molecule has 0 aliphatic rings. The molecule has 0 aliphatic heterocycles. The third-order valence-electron chi connectivity index (χ3n) is 3.46. The second-order valence-electron chi connectivity index (χ2n) is 5.75. The van der Waals surface area contributed by atoms with Crippen molar-refractivity contribution in [3.8, 4) is 5.75 Å². The number of nitrogens with two attached hydrogens (primary N) is 2. The zero-order valence-electron chi connectivity index (χ0n) is 15.3. The molecule has 8 nitrogen and oxygen atoms in total. The third-order valence-corrected chi connectivity index (χ3v) is 3.46. The summed E-state index contributed by atoms with van der Waals surface area (Å²) in [6.07, 6.45) is 1.92. The van der Waals surface area contributed by atoms with Crippen LogP contribution in [-0.2, 0) is 4.79 Å². The van der Waals surface area contributed by atoms with Gasteiger partial charge in [-0.2, -0.15) is 0 Å². The number of nitrogens with zero attached hydrogens (tertiary/aromatic N) is 3. The first kappa shape index (κ1) is 20.1. The lowest BCUT2D eigenvalue weighted by Gasteiger charge is -2.09. The Kier molecular flexibility index (Phi) is 7.45. The number of nitrogen functional groups attached to an aromatic ring is 1. The van der Waals surface area contributed by atoms with Gasteiger partial charge in [-0.15, -0.1) is 10.2 Å². The summed E-state index contributed by atoms with van der Waals surface area (Å²) in [6, 6.07) is 10.5. The Balaban J connectivity index is 2.14. The second kappa shape index (κ2) is 10.0. The van der Waals surface area contributed by atoms with Crippen LogP contribution in [0.15, 0.2) is 59.0 Å². The number of benzene rings is 1. The summed E-state index contributed by atoms with van der Waals surface area (Å²) in [5.74, 6) is 1.50. The van der Waals surface area contributed by atoms with Crippen LogP contribution in [0.1, 0.15) is 26.2 Å². The van der Waals surface area contributed by atoms with Crippen molar-refractivity contribution in [2.24, 2.45) is 16.0 Å². The average Bonchev–Trinajstić information content (AvgIpc) is 2.62. The SMILES string of the molecule is C=C(CCC)Oc1ccccc1/N=N/c1ccc(NC(=O)CCN)nc1N. The first-order valence-electron chi connectivity index (χ1n) is 8.66. The number of nitrogens with one attached hydrogen (secondary N) is 1. The molecule has 1 amide bonds. The highest BCUT2D eigenvalue weighted by atomic mass is 16.5. The molecule has 0 atom stereocenters. The van der Waals surface area contributed by atoms with Crippen LogP contribution in [0, 0.1) is 0 Å². The monoisotopic (exact) mass is 368 g/mol. The lowest BCUT2D eigenvalue weighted by molar-refractivity contribution is -0.116. The van der Waals surface area contributed by atoms with E-state index in [9.17, 15) is 4.79 Å². The molecule has 2 rings (SSSR count). The molecular weight excluding hydrogens is 344 g/mol. The van der Waals surface area contributed by atoms with Gasteiger partial charge in [-0.25, -0.2) is 4.98 Å². The summed E-state index contributed by atoms with van der Waals surface area (Å²) in [5.41, 5.74) is 12.2. The van der Waals surface area contributed by atoms with Gasteiger partial charge < -0.3 is 21.5 Å². The van der Waals surface area contributed by atoms with E-state index in [1.807, 2.05) is 12.1 Å². The van der Waals surface area contributed by atoms with E-state index >= 15 is 0 Å². The molecule has 0 fully saturated rings. The number of pyridine rings is 1. The van der Waals surface area contributed by atoms with Crippen molar-refractivity contribution in [1.82, 2.24) is 4.98 Å². The Labute approximate surface area is 158 Å². The highest BCUT2D eigenvalue weighted by Crippen LogP contribution is 2.31. The van der Waals surface area contributed by atoms with Crippen molar-refractivity contribution in [2.45, 2.75) is 26.2 Å². The number of aromatic nitrogens is 1. The Morgan fingerprint density at radius 3 is 2.63 bits per heavy atom. The summed E-state index contributed by atoms with van der Waals surface area (Å²) in [5, 5.41) is 11.0. The van der Waals surface area contributed by atoms with Crippen LogP contribution in [0.3, 0.4) is 0 Å². The van der Waals surface area contributed by atoms with E-state index in [4.69, 9.17) is 16.2 Å². The number of allylic oxidation sites excluding steroid dienone is 1. The average molecular weight is 368 g/mol. The number of anilines is 2. The van der Waals surface area contributed by atoms with Crippen LogP contribution in [0.5, 0.6) is 5.75 Å². The Morgan fingerprint density at radius 1 is 1.19 bits per heavy atom. The summed E-state index contributed by atoms with van der Waals surface area (Å²) >= 11 is 0. The molecule has 8 heteroatoms. The van der Waals surface area contributed by atoms with Crippen molar-refractivity contribution in [3.63, 3.8) is 0 Å². The van der Waals surface area contributed by atoms with E-state index in [2.05, 4.69) is 34.0 Å². The largest absolute Gasteiger partial charge is 0.460 e. The van der Waals surface area contributed by atoms with E-state index < -0.39 is 0 Å². The predicted octanol–water partition coefficient (Wildman–Crippen LogP) is 4.06. The van der Waals surface area contributed by atoms with E-state index in [0.717, 1.165) is 12.8 Å². The maximum atomic E-state index is 11.6. The van der Waals surface area contributed by atoms with Crippen LogP contribution in [-0.4, -0.2) is 17.4 Å². The van der Waals surface area contributed by atoms with Gasteiger partial charge in [0.2, 0.25) is 5.91 Å². The number of hydrogen-bond acceptors (Lipinski definition) is 7. The summed E-state index contributed by atoms with van der Waals surface area (Å²) < 4.78 is 5.74. The Hall–Kier alpha value is -3.26. The third kappa shape index (κ3) is 6.19. The smallest absolute Gasteiger partial charge is 0.226 e. The Morgan fingerprint density at radius 2 is 1.93 bits per heavy atom. The molecule has 1 aromatic carbocycles. The molecule has 142 valence electrons. The number of rotatable bonds is 9. The first-order chi connectivity index (χ1) is 13.0. The molecule has 0 saturated carbocycles. The fourth-order valence-corrected chi connectivity index (χ4v) is 2.18. The molecule has 2 aromatic rings. The molecule has 0 bridgehead atoms. The summed E-state index contributed by atoms with van der Waals surface area (Å²) in [7, 11) is 0. The lowest BCUT2D eigenvalue weighted by atomic mass is 10.3. The molecular formula is C19H24N6O2. The number of carbonyl (C=O) groups is 1. The van der Waals surface area contributed by atoms with Crippen molar-refractivity contribution in [2.75, 3.05) is 17.6 Å². The van der Waals surface area contributed by atoms with Gasteiger partial charge in [-0.3, -0.25) is 4.79 Å². The molecule has 5 N–H and O–H groups in total. The van der Waals surface area contributed by atoms with E-state index in [0.29, 0.717) is 28.7 Å². The van der Waals surface area contributed by atoms with Gasteiger partial charge in [-0.05, 0) is 30.7 Å². The number of ether oxygens (including phenoxy) is 1. The molecule has 0 radical (unpaired) electrons. The van der Waals surface area contributed by atoms with Gasteiger partial charge >= 0.3 is 0 Å². The van der Waals surface area contributed by atoms with Crippen molar-refractivity contribution in [1.29, 1.82) is 0 Å². The Bertz CT molecular complexity index is 835. The fourth-order valence-electron chi connectivity index (χ4n) is 2.18. The van der Waals surface area contributed by atoms with Crippen LogP contribution in [0.4, 0.5) is 23.0 Å². The van der Waals surface area contributed by atoms with Gasteiger partial charge in [0, 0.05) is 19.4 Å². The minimum absolute atomic E-state index is 0.151. The molecule has 0 aliphatic carbocycles. The molecule has 0 spiro atoms. The number of hydrogen-bond donors (Lipinski definition) is 3. The van der Waals surface area contributed by atoms with Gasteiger partial charge in [0.05, 0.1) is 5.76 Å². The number of carbonyl (C=O) groups excluding carboxylic acids is 1. The van der Waals surface area contributed by atoms with Crippen LogP contribution in [0.25, 0.3) is 0 Å². The lowest BCUT2D eigenvalue weighted by Crippen LogP contribution is -2.17. The summed E-state index contributed by atoms with van der Waals surface area (Å²) in [6.45, 7) is 6.21. The number of para-hydroxylation sites is 1. The fraction of sp³-hybridized carbons (Fsp3) is 0.263. The maximum absolute atomic E-state index is 11.6. The van der Waals surface area contributed by atoms with Crippen LogP contribution >= 0.6 is 0 Å². The molecule has 1 aromatic heterocycles. The predicted molar refractivity (Wildman–Crippen MR) is 106 cm³/mol. The van der Waals surface area contributed by atoms with E-state index in [1.54, 1.807) is 24.3 Å². The first-order valence-corrected chi connectivity index (χ1v) is 8.66. The quantitative estimate of drug-likeness (QED) is 0.454. The van der Waals surface area contributed by atoms with Gasteiger partial charge in [0.25, 0.3) is 0 Å².